The highest BCUT2D eigenvalue weighted by Gasteiger charge is 2.29. The lowest BCUT2D eigenvalue weighted by Crippen LogP contribution is -2.14. The van der Waals surface area contributed by atoms with Crippen LogP contribution in [0.4, 0.5) is 11.4 Å². The average Bonchev–Trinajstić information content (AvgIpc) is 3.40. The second kappa shape index (κ2) is 7.49. The van der Waals surface area contributed by atoms with Crippen molar-refractivity contribution in [3.05, 3.63) is 59.1 Å². The van der Waals surface area contributed by atoms with Crippen molar-refractivity contribution >= 4 is 34.8 Å². The van der Waals surface area contributed by atoms with Crippen LogP contribution in [0, 0.1) is 5.92 Å². The molecule has 0 heterocycles. The number of nitrogens with one attached hydrogen (secondary N) is 2. The third-order valence-corrected chi connectivity index (χ3v) is 4.15. The Bertz CT molecular complexity index is 739. The van der Waals surface area contributed by atoms with Crippen molar-refractivity contribution < 1.29 is 9.59 Å². The van der Waals surface area contributed by atoms with Gasteiger partial charge in [0.2, 0.25) is 11.8 Å². The number of benzene rings is 2. The first kappa shape index (κ1) is 16.5. The van der Waals surface area contributed by atoms with Crippen LogP contribution in [-0.2, 0) is 16.0 Å². The molecule has 2 amide bonds. The number of amides is 2. The third kappa shape index (κ3) is 4.83. The molecule has 5 heteroatoms. The minimum Gasteiger partial charge on any atom is -0.326 e. The molecule has 1 saturated carbocycles. The Morgan fingerprint density at radius 2 is 1.67 bits per heavy atom. The van der Waals surface area contributed by atoms with Gasteiger partial charge in [-0.2, -0.15) is 0 Å². The summed E-state index contributed by atoms with van der Waals surface area (Å²) >= 11 is 5.93. The van der Waals surface area contributed by atoms with Crippen LogP contribution < -0.4 is 10.6 Å². The molecule has 24 heavy (non-hydrogen) atoms. The van der Waals surface area contributed by atoms with Crippen LogP contribution in [0.1, 0.15) is 24.8 Å². The molecule has 0 bridgehead atoms. The van der Waals surface area contributed by atoms with Gasteiger partial charge < -0.3 is 10.6 Å². The number of carbonyl (C=O) groups is 2. The van der Waals surface area contributed by atoms with E-state index in [4.69, 9.17) is 11.6 Å². The molecule has 1 aliphatic rings. The van der Waals surface area contributed by atoms with Crippen molar-refractivity contribution in [2.24, 2.45) is 5.92 Å². The van der Waals surface area contributed by atoms with Crippen LogP contribution >= 0.6 is 11.6 Å². The smallest absolute Gasteiger partial charge is 0.227 e. The van der Waals surface area contributed by atoms with Crippen LogP contribution in [0.15, 0.2) is 48.5 Å². The lowest BCUT2D eigenvalue weighted by atomic mass is 10.1. The number of anilines is 2. The van der Waals surface area contributed by atoms with E-state index in [1.54, 1.807) is 24.3 Å². The van der Waals surface area contributed by atoms with Crippen molar-refractivity contribution in [3.63, 3.8) is 0 Å². The molecule has 1 fully saturated rings. The van der Waals surface area contributed by atoms with Gasteiger partial charge in [0.1, 0.15) is 0 Å². The first-order valence-electron chi connectivity index (χ1n) is 8.05. The molecule has 0 spiro atoms. The van der Waals surface area contributed by atoms with Crippen molar-refractivity contribution in [1.82, 2.24) is 0 Å². The monoisotopic (exact) mass is 342 g/mol. The third-order valence-electron chi connectivity index (χ3n) is 3.91. The normalized spacial score (nSPS) is 13.4. The minimum absolute atomic E-state index is 0.0512. The predicted octanol–water partition coefficient (Wildman–Crippen LogP) is 4.26. The molecule has 0 saturated heterocycles. The Kier molecular flexibility index (Phi) is 5.16. The minimum atomic E-state index is -0.0512. The number of rotatable bonds is 6. The molecule has 1 aliphatic carbocycles. The number of halogens is 1. The maximum absolute atomic E-state index is 12.0. The fourth-order valence-electron chi connectivity index (χ4n) is 2.40. The van der Waals surface area contributed by atoms with Gasteiger partial charge in [-0.1, -0.05) is 23.7 Å². The largest absolute Gasteiger partial charge is 0.326 e. The van der Waals surface area contributed by atoms with E-state index in [1.807, 2.05) is 24.3 Å². The number of hydrogen-bond donors (Lipinski definition) is 2. The van der Waals surface area contributed by atoms with Gasteiger partial charge in [0.15, 0.2) is 0 Å². The van der Waals surface area contributed by atoms with Gasteiger partial charge in [-0.05, 0) is 61.2 Å². The predicted molar refractivity (Wildman–Crippen MR) is 96.2 cm³/mol. The Balaban J connectivity index is 1.48. The van der Waals surface area contributed by atoms with Gasteiger partial charge in [-0.3, -0.25) is 9.59 Å². The molecular weight excluding hydrogens is 324 g/mol. The van der Waals surface area contributed by atoms with Gasteiger partial charge in [-0.15, -0.1) is 0 Å². The van der Waals surface area contributed by atoms with Crippen molar-refractivity contribution in [2.45, 2.75) is 25.7 Å². The molecule has 3 rings (SSSR count). The lowest BCUT2D eigenvalue weighted by molar-refractivity contribution is -0.117. The van der Waals surface area contributed by atoms with Crippen molar-refractivity contribution in [1.29, 1.82) is 0 Å². The van der Waals surface area contributed by atoms with E-state index in [2.05, 4.69) is 10.6 Å². The highest BCUT2D eigenvalue weighted by atomic mass is 35.5. The zero-order chi connectivity index (χ0) is 16.9. The molecule has 2 aromatic rings. The molecule has 4 nitrogen and oxygen atoms in total. The fraction of sp³-hybridized carbons (Fsp3) is 0.263. The van der Waals surface area contributed by atoms with Crippen molar-refractivity contribution in [3.8, 4) is 0 Å². The van der Waals surface area contributed by atoms with Gasteiger partial charge in [0, 0.05) is 28.7 Å². The fourth-order valence-corrected chi connectivity index (χ4v) is 2.61. The lowest BCUT2D eigenvalue weighted by Gasteiger charge is -2.08. The second-order valence-corrected chi connectivity index (χ2v) is 6.46. The van der Waals surface area contributed by atoms with Crippen LogP contribution in [0.2, 0.25) is 5.02 Å². The molecule has 0 radical (unpaired) electrons. The highest BCUT2D eigenvalue weighted by molar-refractivity contribution is 6.30. The first-order valence-corrected chi connectivity index (χ1v) is 8.43. The van der Waals surface area contributed by atoms with Gasteiger partial charge in [0.25, 0.3) is 0 Å². The SMILES string of the molecule is O=C(CCc1cccc(Cl)c1)Nc1ccc(NC(=O)C2CC2)cc1. The van der Waals surface area contributed by atoms with Gasteiger partial charge in [-0.25, -0.2) is 0 Å². The number of hydrogen-bond acceptors (Lipinski definition) is 2. The quantitative estimate of drug-likeness (QED) is 0.824. The molecule has 0 aliphatic heterocycles. The first-order chi connectivity index (χ1) is 11.6. The molecule has 0 unspecified atom stereocenters. The zero-order valence-corrected chi connectivity index (χ0v) is 14.0. The molecule has 0 aromatic heterocycles. The summed E-state index contributed by atoms with van der Waals surface area (Å²) < 4.78 is 0. The van der Waals surface area contributed by atoms with Crippen molar-refractivity contribution in [2.75, 3.05) is 10.6 Å². The summed E-state index contributed by atoms with van der Waals surface area (Å²) in [5.41, 5.74) is 2.51. The topological polar surface area (TPSA) is 58.2 Å². The summed E-state index contributed by atoms with van der Waals surface area (Å²) in [5, 5.41) is 6.41. The van der Waals surface area contributed by atoms with E-state index in [-0.39, 0.29) is 17.7 Å². The van der Waals surface area contributed by atoms with E-state index in [0.717, 1.165) is 29.8 Å². The Hall–Kier alpha value is -2.33. The summed E-state index contributed by atoms with van der Waals surface area (Å²) in [7, 11) is 0. The summed E-state index contributed by atoms with van der Waals surface area (Å²) in [6, 6.07) is 14.7. The summed E-state index contributed by atoms with van der Waals surface area (Å²) in [6.45, 7) is 0. The maximum Gasteiger partial charge on any atom is 0.227 e. The number of carbonyl (C=O) groups excluding carboxylic acids is 2. The van der Waals surface area contributed by atoms with Crippen LogP contribution in [-0.4, -0.2) is 11.8 Å². The Labute approximate surface area is 146 Å². The van der Waals surface area contributed by atoms with Crippen LogP contribution in [0.3, 0.4) is 0 Å². The van der Waals surface area contributed by atoms with Crippen LogP contribution in [0.25, 0.3) is 0 Å². The summed E-state index contributed by atoms with van der Waals surface area (Å²) in [4.78, 5) is 23.7. The van der Waals surface area contributed by atoms with E-state index in [0.29, 0.717) is 17.9 Å². The Morgan fingerprint density at radius 1 is 1.00 bits per heavy atom. The standard InChI is InChI=1S/C19H19ClN2O2/c20-15-3-1-2-13(12-15)4-11-18(23)21-16-7-9-17(10-8-16)22-19(24)14-5-6-14/h1-3,7-10,12,14H,4-6,11H2,(H,21,23)(H,22,24). The van der Waals surface area contributed by atoms with Gasteiger partial charge >= 0.3 is 0 Å². The molecular formula is C19H19ClN2O2. The Morgan fingerprint density at radius 3 is 2.29 bits per heavy atom. The van der Waals surface area contributed by atoms with Gasteiger partial charge in [0.05, 0.1) is 0 Å². The van der Waals surface area contributed by atoms with E-state index < -0.39 is 0 Å². The summed E-state index contributed by atoms with van der Waals surface area (Å²) in [6.07, 6.45) is 2.99. The number of aryl methyl sites for hydroxylation is 1. The molecule has 2 aromatic carbocycles. The maximum atomic E-state index is 12.0. The van der Waals surface area contributed by atoms with Crippen LogP contribution in [0.5, 0.6) is 0 Å². The molecule has 0 atom stereocenters. The van der Waals surface area contributed by atoms with E-state index in [1.165, 1.54) is 0 Å². The highest BCUT2D eigenvalue weighted by Crippen LogP contribution is 2.30. The molecule has 124 valence electrons. The second-order valence-electron chi connectivity index (χ2n) is 6.02. The molecule has 2 N–H and O–H groups in total. The van der Waals surface area contributed by atoms with E-state index >= 15 is 0 Å². The average molecular weight is 343 g/mol. The zero-order valence-electron chi connectivity index (χ0n) is 13.2. The van der Waals surface area contributed by atoms with E-state index in [9.17, 15) is 9.59 Å². The summed E-state index contributed by atoms with van der Waals surface area (Å²) in [5.74, 6) is 0.203.